The SMILES string of the molecule is Cc1ccc2c(c1)c(CNCc1cc(=O)c3cc(C(N)=O)ccc3[nH]1)nn2C. The molecule has 0 saturated carbocycles. The van der Waals surface area contributed by atoms with Crippen LogP contribution in [0.15, 0.2) is 47.3 Å². The highest BCUT2D eigenvalue weighted by atomic mass is 16.1. The fraction of sp³-hybridized carbons (Fsp3) is 0.190. The quantitative estimate of drug-likeness (QED) is 0.497. The van der Waals surface area contributed by atoms with Gasteiger partial charge in [0.1, 0.15) is 0 Å². The van der Waals surface area contributed by atoms with E-state index in [1.165, 1.54) is 11.6 Å². The van der Waals surface area contributed by atoms with E-state index in [-0.39, 0.29) is 5.43 Å². The van der Waals surface area contributed by atoms with Crippen molar-refractivity contribution in [3.63, 3.8) is 0 Å². The van der Waals surface area contributed by atoms with E-state index >= 15 is 0 Å². The zero-order valence-corrected chi connectivity index (χ0v) is 15.7. The molecule has 0 unspecified atom stereocenters. The number of amides is 1. The van der Waals surface area contributed by atoms with E-state index in [0.717, 1.165) is 22.3 Å². The van der Waals surface area contributed by atoms with Crippen LogP contribution in [0.2, 0.25) is 0 Å². The van der Waals surface area contributed by atoms with Crippen molar-refractivity contribution in [2.75, 3.05) is 0 Å². The van der Waals surface area contributed by atoms with Crippen LogP contribution in [-0.2, 0) is 20.1 Å². The van der Waals surface area contributed by atoms with Gasteiger partial charge in [-0.1, -0.05) is 11.6 Å². The molecular weight excluding hydrogens is 354 g/mol. The molecule has 0 spiro atoms. The van der Waals surface area contributed by atoms with Gasteiger partial charge in [0, 0.05) is 53.8 Å². The van der Waals surface area contributed by atoms with Gasteiger partial charge in [0.2, 0.25) is 5.91 Å². The first-order chi connectivity index (χ1) is 13.4. The normalized spacial score (nSPS) is 11.4. The third-order valence-electron chi connectivity index (χ3n) is 4.86. The lowest BCUT2D eigenvalue weighted by Gasteiger charge is -2.07. The van der Waals surface area contributed by atoms with E-state index in [9.17, 15) is 9.59 Å². The molecule has 4 rings (SSSR count). The molecule has 142 valence electrons. The summed E-state index contributed by atoms with van der Waals surface area (Å²) in [5.74, 6) is -0.551. The maximum atomic E-state index is 12.4. The second-order valence-corrected chi connectivity index (χ2v) is 6.98. The lowest BCUT2D eigenvalue weighted by atomic mass is 10.1. The predicted octanol–water partition coefficient (Wildman–Crippen LogP) is 2.11. The van der Waals surface area contributed by atoms with Crippen molar-refractivity contribution in [1.82, 2.24) is 20.1 Å². The largest absolute Gasteiger partial charge is 0.366 e. The molecule has 2 aromatic carbocycles. The van der Waals surface area contributed by atoms with E-state index in [4.69, 9.17) is 5.73 Å². The monoisotopic (exact) mass is 375 g/mol. The third-order valence-corrected chi connectivity index (χ3v) is 4.86. The Balaban J connectivity index is 1.55. The first kappa shape index (κ1) is 17.9. The molecule has 0 aliphatic heterocycles. The number of primary amides is 1. The standard InChI is InChI=1S/C21H21N5O2/c1-12-3-6-19-15(7-12)18(25-26(19)2)11-23-10-14-9-20(27)16-8-13(21(22)28)4-5-17(16)24-14/h3-9,23H,10-11H2,1-2H3,(H2,22,28)(H,24,27). The number of aromatic amines is 1. The van der Waals surface area contributed by atoms with Gasteiger partial charge in [-0.15, -0.1) is 0 Å². The summed E-state index contributed by atoms with van der Waals surface area (Å²) in [6.45, 7) is 3.14. The Bertz CT molecular complexity index is 1270. The minimum absolute atomic E-state index is 0.146. The van der Waals surface area contributed by atoms with Crippen LogP contribution in [0.25, 0.3) is 21.8 Å². The number of fused-ring (bicyclic) bond motifs is 2. The molecule has 0 fully saturated rings. The number of nitrogens with two attached hydrogens (primary N) is 1. The summed E-state index contributed by atoms with van der Waals surface area (Å²) >= 11 is 0. The maximum Gasteiger partial charge on any atom is 0.248 e. The zero-order valence-electron chi connectivity index (χ0n) is 15.7. The number of benzene rings is 2. The fourth-order valence-electron chi connectivity index (χ4n) is 3.45. The van der Waals surface area contributed by atoms with Gasteiger partial charge in [0.05, 0.1) is 11.2 Å². The van der Waals surface area contributed by atoms with Crippen LogP contribution >= 0.6 is 0 Å². The average molecular weight is 375 g/mol. The van der Waals surface area contributed by atoms with Crippen molar-refractivity contribution in [1.29, 1.82) is 0 Å². The van der Waals surface area contributed by atoms with Crippen LogP contribution in [0, 0.1) is 6.92 Å². The van der Waals surface area contributed by atoms with Crippen molar-refractivity contribution in [3.8, 4) is 0 Å². The number of aromatic nitrogens is 3. The van der Waals surface area contributed by atoms with Crippen LogP contribution in [-0.4, -0.2) is 20.7 Å². The van der Waals surface area contributed by atoms with Gasteiger partial charge in [-0.3, -0.25) is 14.3 Å². The topological polar surface area (TPSA) is 106 Å². The second-order valence-electron chi connectivity index (χ2n) is 6.98. The summed E-state index contributed by atoms with van der Waals surface area (Å²) in [6.07, 6.45) is 0. The van der Waals surface area contributed by atoms with Crippen LogP contribution in [0.5, 0.6) is 0 Å². The first-order valence-corrected chi connectivity index (χ1v) is 9.01. The van der Waals surface area contributed by atoms with Crippen molar-refractivity contribution >= 4 is 27.7 Å². The third kappa shape index (κ3) is 3.27. The molecule has 1 amide bonds. The number of hydrogen-bond donors (Lipinski definition) is 3. The van der Waals surface area contributed by atoms with Gasteiger partial charge < -0.3 is 16.0 Å². The number of H-pyrrole nitrogens is 1. The van der Waals surface area contributed by atoms with E-state index in [1.807, 2.05) is 11.7 Å². The van der Waals surface area contributed by atoms with Crippen LogP contribution < -0.4 is 16.5 Å². The summed E-state index contributed by atoms with van der Waals surface area (Å²) < 4.78 is 1.88. The second kappa shape index (κ2) is 6.94. The van der Waals surface area contributed by atoms with E-state index < -0.39 is 5.91 Å². The van der Waals surface area contributed by atoms with Gasteiger partial charge >= 0.3 is 0 Å². The highest BCUT2D eigenvalue weighted by Gasteiger charge is 2.09. The smallest absolute Gasteiger partial charge is 0.248 e. The molecule has 0 radical (unpaired) electrons. The zero-order chi connectivity index (χ0) is 19.8. The maximum absolute atomic E-state index is 12.4. The Morgan fingerprint density at radius 3 is 2.75 bits per heavy atom. The molecule has 2 heterocycles. The summed E-state index contributed by atoms with van der Waals surface area (Å²) in [4.78, 5) is 26.9. The van der Waals surface area contributed by atoms with E-state index in [2.05, 4.69) is 40.5 Å². The number of rotatable bonds is 5. The Hall–Kier alpha value is -3.45. The van der Waals surface area contributed by atoms with Crippen molar-refractivity contribution in [2.24, 2.45) is 12.8 Å². The molecule has 7 nitrogen and oxygen atoms in total. The molecular formula is C21H21N5O2. The molecule has 7 heteroatoms. The Morgan fingerprint density at radius 2 is 1.96 bits per heavy atom. The van der Waals surface area contributed by atoms with Gasteiger partial charge in [0.25, 0.3) is 0 Å². The van der Waals surface area contributed by atoms with Crippen LogP contribution in [0.1, 0.15) is 27.3 Å². The number of hydrogen-bond acceptors (Lipinski definition) is 4. The van der Waals surface area contributed by atoms with Gasteiger partial charge in [-0.05, 0) is 37.3 Å². The van der Waals surface area contributed by atoms with Crippen LogP contribution in [0.3, 0.4) is 0 Å². The summed E-state index contributed by atoms with van der Waals surface area (Å²) in [5.41, 5.74) is 10.1. The van der Waals surface area contributed by atoms with Gasteiger partial charge in [0.15, 0.2) is 5.43 Å². The molecule has 0 aliphatic rings. The highest BCUT2D eigenvalue weighted by molar-refractivity contribution is 5.96. The first-order valence-electron chi connectivity index (χ1n) is 9.01. The number of nitrogens with one attached hydrogen (secondary N) is 2. The fourth-order valence-corrected chi connectivity index (χ4v) is 3.45. The summed E-state index contributed by atoms with van der Waals surface area (Å²) in [5, 5.41) is 9.51. The highest BCUT2D eigenvalue weighted by Crippen LogP contribution is 2.19. The van der Waals surface area contributed by atoms with Crippen molar-refractivity contribution in [3.05, 3.63) is 75.2 Å². The number of aryl methyl sites for hydroxylation is 2. The van der Waals surface area contributed by atoms with E-state index in [0.29, 0.717) is 29.6 Å². The van der Waals surface area contributed by atoms with Crippen molar-refractivity contribution in [2.45, 2.75) is 20.0 Å². The molecule has 0 saturated heterocycles. The molecule has 4 aromatic rings. The summed E-state index contributed by atoms with van der Waals surface area (Å²) in [7, 11) is 1.93. The minimum atomic E-state index is -0.551. The van der Waals surface area contributed by atoms with Crippen molar-refractivity contribution < 1.29 is 4.79 Å². The number of pyridine rings is 1. The minimum Gasteiger partial charge on any atom is -0.366 e. The Kier molecular flexibility index (Phi) is 4.44. The van der Waals surface area contributed by atoms with Gasteiger partial charge in [-0.25, -0.2) is 0 Å². The van der Waals surface area contributed by atoms with Crippen LogP contribution in [0.4, 0.5) is 0 Å². The average Bonchev–Trinajstić information content (AvgIpc) is 2.96. The molecule has 0 aliphatic carbocycles. The van der Waals surface area contributed by atoms with Gasteiger partial charge in [-0.2, -0.15) is 5.10 Å². The molecule has 0 atom stereocenters. The molecule has 28 heavy (non-hydrogen) atoms. The Labute approximate surface area is 161 Å². The Morgan fingerprint density at radius 1 is 1.14 bits per heavy atom. The lowest BCUT2D eigenvalue weighted by Crippen LogP contribution is -2.17. The van der Waals surface area contributed by atoms with E-state index in [1.54, 1.807) is 18.2 Å². The predicted molar refractivity (Wildman–Crippen MR) is 109 cm³/mol. The number of nitrogens with zero attached hydrogens (tertiary/aromatic N) is 2. The number of carbonyl (C=O) groups excluding carboxylic acids is 1. The molecule has 2 aromatic heterocycles. The number of carbonyl (C=O) groups is 1. The summed E-state index contributed by atoms with van der Waals surface area (Å²) in [6, 6.07) is 12.7. The lowest BCUT2D eigenvalue weighted by molar-refractivity contribution is 0.100. The molecule has 0 bridgehead atoms. The molecule has 4 N–H and O–H groups in total.